The van der Waals surface area contributed by atoms with Gasteiger partial charge in [-0.3, -0.25) is 4.79 Å². The molecular weight excluding hydrogens is 318 g/mol. The first-order valence-electron chi connectivity index (χ1n) is 8.34. The SMILES string of the molecule is C=CCOC(=O)C1=C(C)NC2=C(C(=O)CCC2)[C@H]1c1cccc(O)c1. The van der Waals surface area contributed by atoms with Gasteiger partial charge in [0, 0.05) is 29.3 Å². The largest absolute Gasteiger partial charge is 0.508 e. The van der Waals surface area contributed by atoms with Crippen molar-refractivity contribution in [1.29, 1.82) is 0 Å². The number of allylic oxidation sites excluding steroid dienone is 3. The first-order chi connectivity index (χ1) is 12.0. The van der Waals surface area contributed by atoms with Gasteiger partial charge >= 0.3 is 5.97 Å². The molecule has 1 atom stereocenters. The van der Waals surface area contributed by atoms with Crippen molar-refractivity contribution in [2.75, 3.05) is 6.61 Å². The molecule has 0 amide bonds. The lowest BCUT2D eigenvalue weighted by Crippen LogP contribution is -2.34. The third-order valence-corrected chi connectivity index (χ3v) is 4.53. The van der Waals surface area contributed by atoms with Gasteiger partial charge in [-0.15, -0.1) is 0 Å². The molecule has 0 fully saturated rings. The van der Waals surface area contributed by atoms with Crippen LogP contribution in [-0.4, -0.2) is 23.5 Å². The molecule has 1 aromatic rings. The number of ketones is 1. The maximum Gasteiger partial charge on any atom is 0.337 e. The predicted octanol–water partition coefficient (Wildman–Crippen LogP) is 3.09. The van der Waals surface area contributed by atoms with Crippen LogP contribution in [0.3, 0.4) is 0 Å². The quantitative estimate of drug-likeness (QED) is 0.651. The van der Waals surface area contributed by atoms with Crippen LogP contribution in [0.2, 0.25) is 0 Å². The highest BCUT2D eigenvalue weighted by Crippen LogP contribution is 2.42. The highest BCUT2D eigenvalue weighted by atomic mass is 16.5. The van der Waals surface area contributed by atoms with Crippen molar-refractivity contribution in [2.24, 2.45) is 0 Å². The van der Waals surface area contributed by atoms with Gasteiger partial charge in [-0.05, 0) is 37.5 Å². The van der Waals surface area contributed by atoms with Crippen LogP contribution in [0.15, 0.2) is 59.5 Å². The highest BCUT2D eigenvalue weighted by Gasteiger charge is 2.39. The van der Waals surface area contributed by atoms with Gasteiger partial charge in [-0.1, -0.05) is 24.8 Å². The molecule has 3 rings (SSSR count). The van der Waals surface area contributed by atoms with Crippen molar-refractivity contribution in [3.05, 3.63) is 65.0 Å². The number of benzene rings is 1. The van der Waals surface area contributed by atoms with Crippen LogP contribution in [0, 0.1) is 0 Å². The number of phenols is 1. The van der Waals surface area contributed by atoms with Gasteiger partial charge in [-0.25, -0.2) is 4.79 Å². The number of carbonyl (C=O) groups excluding carboxylic acids is 2. The van der Waals surface area contributed by atoms with Gasteiger partial charge in [0.05, 0.1) is 5.57 Å². The van der Waals surface area contributed by atoms with E-state index < -0.39 is 11.9 Å². The van der Waals surface area contributed by atoms with Gasteiger partial charge in [0.2, 0.25) is 0 Å². The molecule has 1 aromatic carbocycles. The van der Waals surface area contributed by atoms with E-state index in [0.29, 0.717) is 28.8 Å². The minimum Gasteiger partial charge on any atom is -0.508 e. The molecule has 0 aromatic heterocycles. The Balaban J connectivity index is 2.13. The van der Waals surface area contributed by atoms with Gasteiger partial charge in [0.15, 0.2) is 5.78 Å². The Hall–Kier alpha value is -2.82. The average molecular weight is 339 g/mol. The summed E-state index contributed by atoms with van der Waals surface area (Å²) in [5.41, 5.74) is 3.25. The molecule has 5 heteroatoms. The molecule has 130 valence electrons. The van der Waals surface area contributed by atoms with Crippen LogP contribution in [0.25, 0.3) is 0 Å². The van der Waals surface area contributed by atoms with E-state index in [-0.39, 0.29) is 18.1 Å². The molecule has 25 heavy (non-hydrogen) atoms. The number of aromatic hydroxyl groups is 1. The fraction of sp³-hybridized carbons (Fsp3) is 0.300. The molecule has 1 heterocycles. The van der Waals surface area contributed by atoms with Crippen molar-refractivity contribution in [3.63, 3.8) is 0 Å². The first-order valence-corrected chi connectivity index (χ1v) is 8.34. The van der Waals surface area contributed by atoms with E-state index in [0.717, 1.165) is 18.5 Å². The summed E-state index contributed by atoms with van der Waals surface area (Å²) in [5, 5.41) is 13.1. The second-order valence-corrected chi connectivity index (χ2v) is 6.25. The van der Waals surface area contributed by atoms with Crippen molar-refractivity contribution in [1.82, 2.24) is 5.32 Å². The summed E-state index contributed by atoms with van der Waals surface area (Å²) < 4.78 is 5.25. The Kier molecular flexibility index (Phi) is 4.74. The molecule has 0 saturated carbocycles. The topological polar surface area (TPSA) is 75.6 Å². The normalized spacial score (nSPS) is 20.0. The molecule has 5 nitrogen and oxygen atoms in total. The molecule has 1 aliphatic carbocycles. The van der Waals surface area contributed by atoms with E-state index >= 15 is 0 Å². The monoisotopic (exact) mass is 339 g/mol. The van der Waals surface area contributed by atoms with Gasteiger partial charge in [0.1, 0.15) is 12.4 Å². The summed E-state index contributed by atoms with van der Waals surface area (Å²) in [7, 11) is 0. The Morgan fingerprint density at radius 3 is 2.96 bits per heavy atom. The average Bonchev–Trinajstić information content (AvgIpc) is 2.58. The second-order valence-electron chi connectivity index (χ2n) is 6.25. The lowest BCUT2D eigenvalue weighted by Gasteiger charge is -2.34. The summed E-state index contributed by atoms with van der Waals surface area (Å²) in [6.07, 6.45) is 3.53. The highest BCUT2D eigenvalue weighted by molar-refractivity contribution is 6.03. The summed E-state index contributed by atoms with van der Waals surface area (Å²) in [5.74, 6) is -0.891. The predicted molar refractivity (Wildman–Crippen MR) is 93.7 cm³/mol. The standard InChI is InChI=1S/C20H21NO4/c1-3-10-25-20(24)17-12(2)21-15-8-5-9-16(23)19(15)18(17)13-6-4-7-14(22)11-13/h3-4,6-7,11,18,21-22H,1,5,8-10H2,2H3/t18-/m0/s1. The number of carbonyl (C=O) groups is 2. The maximum atomic E-state index is 12.7. The van der Waals surface area contributed by atoms with Crippen molar-refractivity contribution in [2.45, 2.75) is 32.1 Å². The molecule has 0 spiro atoms. The number of nitrogens with one attached hydrogen (secondary N) is 1. The van der Waals surface area contributed by atoms with Crippen molar-refractivity contribution in [3.8, 4) is 5.75 Å². The van der Waals surface area contributed by atoms with E-state index in [1.807, 2.05) is 13.0 Å². The molecule has 0 bridgehead atoms. The summed E-state index contributed by atoms with van der Waals surface area (Å²) in [4.78, 5) is 25.3. The van der Waals surface area contributed by atoms with Crippen LogP contribution in [0.5, 0.6) is 5.75 Å². The molecular formula is C20H21NO4. The smallest absolute Gasteiger partial charge is 0.337 e. The fourth-order valence-corrected chi connectivity index (χ4v) is 3.50. The van der Waals surface area contributed by atoms with Crippen LogP contribution in [0.1, 0.15) is 37.7 Å². The van der Waals surface area contributed by atoms with Crippen molar-refractivity contribution < 1.29 is 19.4 Å². The van der Waals surface area contributed by atoms with E-state index in [1.54, 1.807) is 18.2 Å². The summed E-state index contributed by atoms with van der Waals surface area (Å²) >= 11 is 0. The second kappa shape index (κ2) is 6.97. The molecule has 2 N–H and O–H groups in total. The lowest BCUT2D eigenvalue weighted by atomic mass is 9.75. The van der Waals surface area contributed by atoms with E-state index in [4.69, 9.17) is 4.74 Å². The number of hydrogen-bond acceptors (Lipinski definition) is 5. The van der Waals surface area contributed by atoms with Crippen molar-refractivity contribution >= 4 is 11.8 Å². The number of phenolic OH excluding ortho intramolecular Hbond substituents is 1. The molecule has 0 saturated heterocycles. The van der Waals surface area contributed by atoms with Crippen LogP contribution < -0.4 is 5.32 Å². The third-order valence-electron chi connectivity index (χ3n) is 4.53. The summed E-state index contributed by atoms with van der Waals surface area (Å²) in [6.45, 7) is 5.47. The first kappa shape index (κ1) is 17.0. The molecule has 1 aliphatic heterocycles. The number of dihydropyridines is 1. The van der Waals surface area contributed by atoms with Gasteiger partial charge < -0.3 is 15.2 Å². The van der Waals surface area contributed by atoms with Crippen LogP contribution >= 0.6 is 0 Å². The summed E-state index contributed by atoms with van der Waals surface area (Å²) in [6, 6.07) is 6.68. The zero-order valence-electron chi connectivity index (χ0n) is 14.2. The molecule has 2 aliphatic rings. The Labute approximate surface area is 146 Å². The number of ether oxygens (including phenoxy) is 1. The lowest BCUT2D eigenvalue weighted by molar-refractivity contribution is -0.138. The Bertz CT molecular complexity index is 804. The zero-order valence-corrected chi connectivity index (χ0v) is 14.2. The Morgan fingerprint density at radius 2 is 2.24 bits per heavy atom. The number of Topliss-reactive ketones (excluding diaryl/α,β-unsaturated/α-hetero) is 1. The van der Waals surface area contributed by atoms with Crippen LogP contribution in [0.4, 0.5) is 0 Å². The van der Waals surface area contributed by atoms with E-state index in [2.05, 4.69) is 11.9 Å². The molecule has 0 radical (unpaired) electrons. The Morgan fingerprint density at radius 1 is 1.44 bits per heavy atom. The minimum atomic E-state index is -0.534. The maximum absolute atomic E-state index is 12.7. The number of rotatable bonds is 4. The number of esters is 1. The molecule has 0 unspecified atom stereocenters. The minimum absolute atomic E-state index is 0.0311. The van der Waals surface area contributed by atoms with E-state index in [1.165, 1.54) is 6.08 Å². The zero-order chi connectivity index (χ0) is 18.0. The van der Waals surface area contributed by atoms with Gasteiger partial charge in [-0.2, -0.15) is 0 Å². The third kappa shape index (κ3) is 3.22. The van der Waals surface area contributed by atoms with Crippen LogP contribution in [-0.2, 0) is 14.3 Å². The van der Waals surface area contributed by atoms with Gasteiger partial charge in [0.25, 0.3) is 0 Å². The fourth-order valence-electron chi connectivity index (χ4n) is 3.50. The number of hydrogen-bond donors (Lipinski definition) is 2. The van der Waals surface area contributed by atoms with E-state index in [9.17, 15) is 14.7 Å².